The number of amides is 1. The molecular weight excluding hydrogens is 230 g/mol. The van der Waals surface area contributed by atoms with E-state index in [-0.39, 0.29) is 30.5 Å². The zero-order chi connectivity index (χ0) is 11.8. The van der Waals surface area contributed by atoms with Gasteiger partial charge in [-0.05, 0) is 12.1 Å². The molecule has 0 unspecified atom stereocenters. The fourth-order valence-corrected chi connectivity index (χ4v) is 2.91. The third-order valence-corrected chi connectivity index (χ3v) is 4.90. The summed E-state index contributed by atoms with van der Waals surface area (Å²) in [5.41, 5.74) is 0. The van der Waals surface area contributed by atoms with Gasteiger partial charge in [0, 0.05) is 18.8 Å². The van der Waals surface area contributed by atoms with E-state index in [0.717, 1.165) is 0 Å². The van der Waals surface area contributed by atoms with Crippen molar-refractivity contribution in [1.82, 2.24) is 4.90 Å². The molecule has 6 heteroatoms. The molecule has 1 fully saturated rings. The van der Waals surface area contributed by atoms with E-state index in [2.05, 4.69) is 0 Å². The third kappa shape index (κ3) is 1.84. The molecule has 0 bridgehead atoms. The maximum Gasteiger partial charge on any atom is 0.289 e. The summed E-state index contributed by atoms with van der Waals surface area (Å²) >= 11 is 0. The van der Waals surface area contributed by atoms with Gasteiger partial charge in [0.1, 0.15) is 0 Å². The zero-order valence-electron chi connectivity index (χ0n) is 8.92. The monoisotopic (exact) mass is 243 g/mol. The quantitative estimate of drug-likeness (QED) is 0.777. The van der Waals surface area contributed by atoms with Gasteiger partial charge in [-0.2, -0.15) is 0 Å². The van der Waals surface area contributed by atoms with Gasteiger partial charge < -0.3 is 9.32 Å². The Labute approximate surface area is 94.0 Å². The molecule has 1 aromatic rings. The van der Waals surface area contributed by atoms with Crippen molar-refractivity contribution in [2.75, 3.05) is 18.8 Å². The third-order valence-electron chi connectivity index (χ3n) is 2.78. The highest BCUT2D eigenvalue weighted by Crippen LogP contribution is 2.19. The Kier molecular flexibility index (Phi) is 2.75. The van der Waals surface area contributed by atoms with Gasteiger partial charge >= 0.3 is 0 Å². The minimum atomic E-state index is -3.02. The normalized spacial score (nSPS) is 17.2. The van der Waals surface area contributed by atoms with Gasteiger partial charge in [-0.15, -0.1) is 0 Å². The lowest BCUT2D eigenvalue weighted by Crippen LogP contribution is -2.57. The van der Waals surface area contributed by atoms with Gasteiger partial charge in [-0.1, -0.05) is 6.92 Å². The molecule has 1 aliphatic rings. The highest BCUT2D eigenvalue weighted by molar-refractivity contribution is 7.92. The van der Waals surface area contributed by atoms with Gasteiger partial charge in [0.2, 0.25) is 0 Å². The molecule has 0 atom stereocenters. The van der Waals surface area contributed by atoms with Gasteiger partial charge in [0.15, 0.2) is 15.6 Å². The summed E-state index contributed by atoms with van der Waals surface area (Å²) in [4.78, 5) is 13.2. The van der Waals surface area contributed by atoms with E-state index in [1.807, 2.05) is 0 Å². The summed E-state index contributed by atoms with van der Waals surface area (Å²) in [7, 11) is -3.02. The average Bonchev–Trinajstić information content (AvgIpc) is 2.67. The predicted octanol–water partition coefficient (Wildman–Crippen LogP) is 0.539. The Hall–Kier alpha value is -1.30. The molecule has 2 rings (SSSR count). The predicted molar refractivity (Wildman–Crippen MR) is 57.9 cm³/mol. The average molecular weight is 243 g/mol. The number of nitrogens with zero attached hydrogens (tertiary/aromatic N) is 1. The first-order chi connectivity index (χ1) is 7.54. The second-order valence-electron chi connectivity index (χ2n) is 3.76. The van der Waals surface area contributed by atoms with Crippen LogP contribution in [0.2, 0.25) is 0 Å². The zero-order valence-corrected chi connectivity index (χ0v) is 9.74. The van der Waals surface area contributed by atoms with Crippen molar-refractivity contribution in [3.63, 3.8) is 0 Å². The number of hydrogen-bond donors (Lipinski definition) is 0. The lowest BCUT2D eigenvalue weighted by atomic mass is 10.2. The van der Waals surface area contributed by atoms with Crippen LogP contribution in [-0.4, -0.2) is 43.3 Å². The number of rotatable bonds is 3. The number of carbonyl (C=O) groups is 1. The number of carbonyl (C=O) groups excluding carboxylic acids is 1. The molecule has 2 heterocycles. The smallest absolute Gasteiger partial charge is 0.289 e. The Bertz CT molecular complexity index is 471. The molecule has 1 saturated heterocycles. The molecule has 0 N–H and O–H groups in total. The Morgan fingerprint density at radius 1 is 1.56 bits per heavy atom. The molecule has 0 aromatic carbocycles. The van der Waals surface area contributed by atoms with Crippen LogP contribution in [0, 0.1) is 0 Å². The first-order valence-electron chi connectivity index (χ1n) is 5.09. The molecule has 88 valence electrons. The fourth-order valence-electron chi connectivity index (χ4n) is 1.62. The molecule has 16 heavy (non-hydrogen) atoms. The second kappa shape index (κ2) is 3.93. The van der Waals surface area contributed by atoms with Crippen molar-refractivity contribution < 1.29 is 17.6 Å². The number of furan rings is 1. The topological polar surface area (TPSA) is 67.6 Å². The summed E-state index contributed by atoms with van der Waals surface area (Å²) < 4.78 is 27.9. The van der Waals surface area contributed by atoms with E-state index in [0.29, 0.717) is 0 Å². The van der Waals surface area contributed by atoms with E-state index in [1.54, 1.807) is 19.1 Å². The second-order valence-corrected chi connectivity index (χ2v) is 6.33. The van der Waals surface area contributed by atoms with Gasteiger partial charge in [0.25, 0.3) is 5.91 Å². The van der Waals surface area contributed by atoms with Crippen LogP contribution in [0.15, 0.2) is 22.8 Å². The van der Waals surface area contributed by atoms with Crippen LogP contribution in [0.4, 0.5) is 0 Å². The minimum Gasteiger partial charge on any atom is -0.459 e. The van der Waals surface area contributed by atoms with Crippen LogP contribution >= 0.6 is 0 Å². The highest BCUT2D eigenvalue weighted by atomic mass is 32.2. The summed E-state index contributed by atoms with van der Waals surface area (Å²) in [6, 6.07) is 3.21. The van der Waals surface area contributed by atoms with Gasteiger partial charge in [0.05, 0.1) is 11.5 Å². The molecular formula is C10H13NO4S. The van der Waals surface area contributed by atoms with E-state index in [4.69, 9.17) is 4.42 Å². The summed E-state index contributed by atoms with van der Waals surface area (Å²) in [5, 5.41) is -0.406. The maximum absolute atomic E-state index is 11.7. The summed E-state index contributed by atoms with van der Waals surface area (Å²) in [6.07, 6.45) is 1.42. The van der Waals surface area contributed by atoms with Crippen molar-refractivity contribution in [2.24, 2.45) is 0 Å². The first kappa shape index (κ1) is 11.2. The van der Waals surface area contributed by atoms with Gasteiger partial charge in [-0.3, -0.25) is 4.79 Å². The molecule has 0 spiro atoms. The van der Waals surface area contributed by atoms with Crippen molar-refractivity contribution >= 4 is 15.7 Å². The molecule has 1 aliphatic heterocycles. The van der Waals surface area contributed by atoms with Crippen molar-refractivity contribution in [1.29, 1.82) is 0 Å². The Balaban J connectivity index is 1.97. The van der Waals surface area contributed by atoms with Crippen molar-refractivity contribution in [2.45, 2.75) is 12.2 Å². The van der Waals surface area contributed by atoms with Crippen LogP contribution < -0.4 is 0 Å². The van der Waals surface area contributed by atoms with E-state index >= 15 is 0 Å². The van der Waals surface area contributed by atoms with E-state index < -0.39 is 15.1 Å². The molecule has 0 aliphatic carbocycles. The maximum atomic E-state index is 11.7. The van der Waals surface area contributed by atoms with Crippen molar-refractivity contribution in [3.8, 4) is 0 Å². The Morgan fingerprint density at radius 2 is 2.25 bits per heavy atom. The standard InChI is InChI=1S/C10H13NO4S/c1-2-16(13,14)8-6-11(7-8)10(12)9-4-3-5-15-9/h3-5,8H,2,6-7H2,1H3. The summed E-state index contributed by atoms with van der Waals surface area (Å²) in [6.45, 7) is 2.16. The van der Waals surface area contributed by atoms with Crippen LogP contribution in [0.5, 0.6) is 0 Å². The first-order valence-corrected chi connectivity index (χ1v) is 6.80. The van der Waals surface area contributed by atoms with Crippen molar-refractivity contribution in [3.05, 3.63) is 24.2 Å². The van der Waals surface area contributed by atoms with E-state index in [1.165, 1.54) is 11.2 Å². The number of hydrogen-bond acceptors (Lipinski definition) is 4. The molecule has 0 saturated carbocycles. The fraction of sp³-hybridized carbons (Fsp3) is 0.500. The van der Waals surface area contributed by atoms with E-state index in [9.17, 15) is 13.2 Å². The van der Waals surface area contributed by atoms with Crippen LogP contribution in [0.3, 0.4) is 0 Å². The SMILES string of the molecule is CCS(=O)(=O)C1CN(C(=O)c2ccco2)C1. The van der Waals surface area contributed by atoms with Crippen LogP contribution in [0.1, 0.15) is 17.5 Å². The highest BCUT2D eigenvalue weighted by Gasteiger charge is 2.39. The minimum absolute atomic E-state index is 0.125. The molecule has 0 radical (unpaired) electrons. The largest absolute Gasteiger partial charge is 0.459 e. The number of likely N-dealkylation sites (tertiary alicyclic amines) is 1. The van der Waals surface area contributed by atoms with Gasteiger partial charge in [-0.25, -0.2) is 8.42 Å². The number of sulfone groups is 1. The lowest BCUT2D eigenvalue weighted by Gasteiger charge is -2.37. The van der Waals surface area contributed by atoms with Crippen LogP contribution in [-0.2, 0) is 9.84 Å². The molecule has 1 aromatic heterocycles. The molecule has 5 nitrogen and oxygen atoms in total. The lowest BCUT2D eigenvalue weighted by molar-refractivity contribution is 0.0626. The summed E-state index contributed by atoms with van der Waals surface area (Å²) in [5.74, 6) is 0.139. The van der Waals surface area contributed by atoms with Crippen LogP contribution in [0.25, 0.3) is 0 Å². The molecule has 1 amide bonds. The Morgan fingerprint density at radius 3 is 2.75 bits per heavy atom.